The Hall–Kier alpha value is -1.08. The molecule has 0 bridgehead atoms. The molecule has 0 spiro atoms. The van der Waals surface area contributed by atoms with Crippen molar-refractivity contribution in [2.75, 3.05) is 13.1 Å². The van der Waals surface area contributed by atoms with Gasteiger partial charge in [0.1, 0.15) is 0 Å². The molecule has 1 aliphatic heterocycles. The standard InChI is InChI=1S/C14H23N3O/c15-10-12-3-1-2-4-13(12)17-7-5-11(6-8-17)9-14(16)18/h11-13H,1-9H2,(H2,16,18). The van der Waals surface area contributed by atoms with Crippen molar-refractivity contribution in [2.24, 2.45) is 17.6 Å². The van der Waals surface area contributed by atoms with E-state index in [-0.39, 0.29) is 11.8 Å². The number of hydrogen-bond acceptors (Lipinski definition) is 3. The summed E-state index contributed by atoms with van der Waals surface area (Å²) in [4.78, 5) is 13.4. The maximum absolute atomic E-state index is 10.9. The molecular formula is C14H23N3O. The number of primary amides is 1. The van der Waals surface area contributed by atoms with E-state index in [4.69, 9.17) is 5.73 Å². The molecule has 2 aliphatic rings. The molecule has 0 aromatic carbocycles. The zero-order chi connectivity index (χ0) is 13.0. The summed E-state index contributed by atoms with van der Waals surface area (Å²) in [6, 6.07) is 2.94. The van der Waals surface area contributed by atoms with Crippen LogP contribution in [-0.2, 0) is 4.79 Å². The second-order valence-corrected chi connectivity index (χ2v) is 5.74. The molecule has 2 unspecified atom stereocenters. The molecule has 1 heterocycles. The van der Waals surface area contributed by atoms with Gasteiger partial charge in [0, 0.05) is 12.5 Å². The summed E-state index contributed by atoms with van der Waals surface area (Å²) in [5.41, 5.74) is 5.25. The molecule has 2 rings (SSSR count). The third kappa shape index (κ3) is 3.23. The Bertz CT molecular complexity index is 328. The van der Waals surface area contributed by atoms with E-state index in [0.29, 0.717) is 18.4 Å². The number of nitrogens with zero attached hydrogens (tertiary/aromatic N) is 2. The lowest BCUT2D eigenvalue weighted by Gasteiger charge is -2.41. The molecule has 2 fully saturated rings. The molecular weight excluding hydrogens is 226 g/mol. The largest absolute Gasteiger partial charge is 0.370 e. The highest BCUT2D eigenvalue weighted by Gasteiger charge is 2.32. The summed E-state index contributed by atoms with van der Waals surface area (Å²) >= 11 is 0. The molecule has 18 heavy (non-hydrogen) atoms. The summed E-state index contributed by atoms with van der Waals surface area (Å²) in [7, 11) is 0. The van der Waals surface area contributed by atoms with Crippen molar-refractivity contribution in [1.82, 2.24) is 4.90 Å². The van der Waals surface area contributed by atoms with Gasteiger partial charge in [0.2, 0.25) is 5.91 Å². The number of carbonyl (C=O) groups excluding carboxylic acids is 1. The molecule has 4 nitrogen and oxygen atoms in total. The SMILES string of the molecule is N#CC1CCCCC1N1CCC(CC(N)=O)CC1. The second kappa shape index (κ2) is 6.19. The molecule has 4 heteroatoms. The van der Waals surface area contributed by atoms with Gasteiger partial charge in [0.25, 0.3) is 0 Å². The first-order valence-electron chi connectivity index (χ1n) is 7.12. The Morgan fingerprint density at radius 1 is 1.22 bits per heavy atom. The number of rotatable bonds is 3. The Morgan fingerprint density at radius 3 is 2.50 bits per heavy atom. The highest BCUT2D eigenvalue weighted by atomic mass is 16.1. The number of carbonyl (C=O) groups is 1. The van der Waals surface area contributed by atoms with Gasteiger partial charge >= 0.3 is 0 Å². The van der Waals surface area contributed by atoms with Crippen LogP contribution in [0.15, 0.2) is 0 Å². The summed E-state index contributed by atoms with van der Waals surface area (Å²) in [5, 5.41) is 9.23. The van der Waals surface area contributed by atoms with Crippen molar-refractivity contribution in [3.63, 3.8) is 0 Å². The maximum Gasteiger partial charge on any atom is 0.217 e. The zero-order valence-electron chi connectivity index (χ0n) is 11.0. The topological polar surface area (TPSA) is 70.1 Å². The van der Waals surface area contributed by atoms with Gasteiger partial charge in [-0.15, -0.1) is 0 Å². The van der Waals surface area contributed by atoms with Crippen molar-refractivity contribution in [3.8, 4) is 6.07 Å². The summed E-state index contributed by atoms with van der Waals surface area (Å²) in [5.74, 6) is 0.496. The van der Waals surface area contributed by atoms with Crippen LogP contribution in [0.5, 0.6) is 0 Å². The van der Waals surface area contributed by atoms with Crippen LogP contribution >= 0.6 is 0 Å². The van der Waals surface area contributed by atoms with Gasteiger partial charge in [-0.25, -0.2) is 0 Å². The smallest absolute Gasteiger partial charge is 0.217 e. The van der Waals surface area contributed by atoms with E-state index in [2.05, 4.69) is 11.0 Å². The van der Waals surface area contributed by atoms with E-state index >= 15 is 0 Å². The number of nitriles is 1. The van der Waals surface area contributed by atoms with E-state index in [1.54, 1.807) is 0 Å². The van der Waals surface area contributed by atoms with Gasteiger partial charge in [0.05, 0.1) is 12.0 Å². The highest BCUT2D eigenvalue weighted by Crippen LogP contribution is 2.31. The van der Waals surface area contributed by atoms with Crippen molar-refractivity contribution in [2.45, 2.75) is 51.0 Å². The van der Waals surface area contributed by atoms with Crippen molar-refractivity contribution < 1.29 is 4.79 Å². The average Bonchev–Trinajstić information content (AvgIpc) is 2.39. The number of hydrogen-bond donors (Lipinski definition) is 1. The molecule has 0 radical (unpaired) electrons. The summed E-state index contributed by atoms with van der Waals surface area (Å²) < 4.78 is 0. The number of piperidine rings is 1. The Labute approximate surface area is 109 Å². The minimum absolute atomic E-state index is 0.180. The first kappa shape index (κ1) is 13.4. The van der Waals surface area contributed by atoms with Gasteiger partial charge < -0.3 is 5.73 Å². The Balaban J connectivity index is 1.85. The maximum atomic E-state index is 10.9. The molecule has 0 aromatic rings. The second-order valence-electron chi connectivity index (χ2n) is 5.74. The lowest BCUT2D eigenvalue weighted by molar-refractivity contribution is -0.119. The Kier molecular flexibility index (Phi) is 4.60. The van der Waals surface area contributed by atoms with Crippen molar-refractivity contribution in [3.05, 3.63) is 0 Å². The minimum Gasteiger partial charge on any atom is -0.370 e. The van der Waals surface area contributed by atoms with E-state index < -0.39 is 0 Å². The van der Waals surface area contributed by atoms with E-state index in [1.807, 2.05) is 0 Å². The van der Waals surface area contributed by atoms with E-state index in [9.17, 15) is 10.1 Å². The van der Waals surface area contributed by atoms with Gasteiger partial charge in [-0.3, -0.25) is 9.69 Å². The normalized spacial score (nSPS) is 30.8. The lowest BCUT2D eigenvalue weighted by atomic mass is 9.82. The van der Waals surface area contributed by atoms with E-state index in [0.717, 1.165) is 32.4 Å². The lowest BCUT2D eigenvalue weighted by Crippen LogP contribution is -2.46. The fourth-order valence-electron chi connectivity index (χ4n) is 3.47. The van der Waals surface area contributed by atoms with Crippen molar-refractivity contribution in [1.29, 1.82) is 5.26 Å². The molecule has 2 atom stereocenters. The van der Waals surface area contributed by atoms with Crippen LogP contribution in [0, 0.1) is 23.2 Å². The number of amides is 1. The molecule has 1 amide bonds. The predicted octanol–water partition coefficient (Wildman–Crippen LogP) is 1.66. The monoisotopic (exact) mass is 249 g/mol. The van der Waals surface area contributed by atoms with Crippen LogP contribution in [0.25, 0.3) is 0 Å². The van der Waals surface area contributed by atoms with Crippen LogP contribution in [0.2, 0.25) is 0 Å². The average molecular weight is 249 g/mol. The first-order chi connectivity index (χ1) is 8.70. The summed E-state index contributed by atoms with van der Waals surface area (Å²) in [6.45, 7) is 2.06. The van der Waals surface area contributed by atoms with Crippen LogP contribution in [0.1, 0.15) is 44.9 Å². The molecule has 0 aromatic heterocycles. The molecule has 1 aliphatic carbocycles. The van der Waals surface area contributed by atoms with Gasteiger partial charge in [-0.1, -0.05) is 12.8 Å². The number of likely N-dealkylation sites (tertiary alicyclic amines) is 1. The molecule has 100 valence electrons. The fraction of sp³-hybridized carbons (Fsp3) is 0.857. The van der Waals surface area contributed by atoms with Gasteiger partial charge in [0.15, 0.2) is 0 Å². The highest BCUT2D eigenvalue weighted by molar-refractivity contribution is 5.73. The molecule has 1 saturated heterocycles. The van der Waals surface area contributed by atoms with E-state index in [1.165, 1.54) is 19.3 Å². The predicted molar refractivity (Wildman–Crippen MR) is 69.5 cm³/mol. The first-order valence-corrected chi connectivity index (χ1v) is 7.12. The van der Waals surface area contributed by atoms with Crippen LogP contribution < -0.4 is 5.73 Å². The van der Waals surface area contributed by atoms with Gasteiger partial charge in [-0.2, -0.15) is 5.26 Å². The molecule has 1 saturated carbocycles. The molecule has 2 N–H and O–H groups in total. The third-order valence-corrected chi connectivity index (χ3v) is 4.50. The minimum atomic E-state index is -0.180. The number of nitrogens with two attached hydrogens (primary N) is 1. The zero-order valence-corrected chi connectivity index (χ0v) is 11.0. The third-order valence-electron chi connectivity index (χ3n) is 4.50. The quantitative estimate of drug-likeness (QED) is 0.827. The van der Waals surface area contributed by atoms with Crippen LogP contribution in [-0.4, -0.2) is 29.9 Å². The Morgan fingerprint density at radius 2 is 1.89 bits per heavy atom. The van der Waals surface area contributed by atoms with Gasteiger partial charge in [-0.05, 0) is 44.7 Å². The van der Waals surface area contributed by atoms with Crippen molar-refractivity contribution >= 4 is 5.91 Å². The van der Waals surface area contributed by atoms with Crippen LogP contribution in [0.4, 0.5) is 0 Å². The summed E-state index contributed by atoms with van der Waals surface area (Å²) in [6.07, 6.45) is 7.31. The van der Waals surface area contributed by atoms with Crippen LogP contribution in [0.3, 0.4) is 0 Å². The fourth-order valence-corrected chi connectivity index (χ4v) is 3.47.